The van der Waals surface area contributed by atoms with Gasteiger partial charge in [0, 0.05) is 11.8 Å². The van der Waals surface area contributed by atoms with E-state index in [1.54, 1.807) is 0 Å². The predicted octanol–water partition coefficient (Wildman–Crippen LogP) is 3.34. The molecule has 1 N–H and O–H groups in total. The maximum Gasteiger partial charge on any atom is 0.0407 e. The van der Waals surface area contributed by atoms with E-state index in [-0.39, 0.29) is 0 Å². The molecule has 1 unspecified atom stereocenters. The summed E-state index contributed by atoms with van der Waals surface area (Å²) in [5, 5.41) is 5.87. The molecule has 0 saturated carbocycles. The molecule has 0 heterocycles. The molecule has 2 aromatic carbocycles. The maximum atomic E-state index is 4.36. The topological polar surface area (TPSA) is 12.0 Å². The van der Waals surface area contributed by atoms with Crippen molar-refractivity contribution < 1.29 is 0 Å². The van der Waals surface area contributed by atoms with Gasteiger partial charge in [0.15, 0.2) is 0 Å². The molecule has 0 aliphatic heterocycles. The minimum absolute atomic E-state index is 0.328. The summed E-state index contributed by atoms with van der Waals surface area (Å²) >= 11 is 4.36. The first-order chi connectivity index (χ1) is 7.74. The van der Waals surface area contributed by atoms with E-state index in [1.165, 1.54) is 21.9 Å². The summed E-state index contributed by atoms with van der Waals surface area (Å²) in [5.41, 5.74) is 2.61. The van der Waals surface area contributed by atoms with E-state index in [4.69, 9.17) is 0 Å². The fourth-order valence-electron chi connectivity index (χ4n) is 1.96. The third-order valence-electron chi connectivity index (χ3n) is 2.95. The molecule has 1 nitrogen and oxygen atoms in total. The number of hydrogen-bond donors (Lipinski definition) is 2. The molecule has 2 heteroatoms. The molecule has 0 amide bonds. The second-order valence-corrected chi connectivity index (χ2v) is 4.50. The zero-order valence-corrected chi connectivity index (χ0v) is 10.6. The lowest BCUT2D eigenvalue weighted by molar-refractivity contribution is 0.664. The van der Waals surface area contributed by atoms with Gasteiger partial charge in [0.2, 0.25) is 0 Å². The Morgan fingerprint density at radius 3 is 2.50 bits per heavy atom. The van der Waals surface area contributed by atoms with Gasteiger partial charge in [-0.1, -0.05) is 35.9 Å². The molecule has 0 aromatic heterocycles. The van der Waals surface area contributed by atoms with Gasteiger partial charge in [0.05, 0.1) is 0 Å². The van der Waals surface area contributed by atoms with Crippen LogP contribution in [0.2, 0.25) is 0 Å². The fraction of sp³-hybridized carbons (Fsp3) is 0.286. The van der Waals surface area contributed by atoms with E-state index in [0.717, 1.165) is 5.75 Å². The number of benzene rings is 2. The van der Waals surface area contributed by atoms with Crippen LogP contribution in [-0.2, 0) is 0 Å². The van der Waals surface area contributed by atoms with E-state index < -0.39 is 0 Å². The molecule has 2 aromatic rings. The SMILES string of the molecule is CNC(CS)c1ccc2cc(C)ccc2c1. The van der Waals surface area contributed by atoms with Crippen LogP contribution in [0.15, 0.2) is 36.4 Å². The van der Waals surface area contributed by atoms with Gasteiger partial charge in [-0.05, 0) is 36.4 Å². The second-order valence-electron chi connectivity index (χ2n) is 4.13. The number of nitrogens with one attached hydrogen (secondary N) is 1. The summed E-state index contributed by atoms with van der Waals surface area (Å²) in [5.74, 6) is 0.813. The van der Waals surface area contributed by atoms with Crippen molar-refractivity contribution in [3.05, 3.63) is 47.5 Å². The van der Waals surface area contributed by atoms with Gasteiger partial charge in [-0.2, -0.15) is 12.6 Å². The van der Waals surface area contributed by atoms with Crippen molar-refractivity contribution in [2.45, 2.75) is 13.0 Å². The molecule has 0 fully saturated rings. The minimum atomic E-state index is 0.328. The van der Waals surface area contributed by atoms with Gasteiger partial charge in [-0.25, -0.2) is 0 Å². The Balaban J connectivity index is 2.47. The summed E-state index contributed by atoms with van der Waals surface area (Å²) in [7, 11) is 1.97. The molecule has 0 radical (unpaired) electrons. The van der Waals surface area contributed by atoms with Gasteiger partial charge in [-0.15, -0.1) is 0 Å². The van der Waals surface area contributed by atoms with Crippen molar-refractivity contribution in [3.63, 3.8) is 0 Å². The first-order valence-electron chi connectivity index (χ1n) is 5.53. The lowest BCUT2D eigenvalue weighted by Gasteiger charge is -2.14. The Bertz CT molecular complexity index is 489. The zero-order valence-electron chi connectivity index (χ0n) is 9.70. The van der Waals surface area contributed by atoms with Crippen LogP contribution in [0.4, 0.5) is 0 Å². The first kappa shape index (κ1) is 11.5. The standard InChI is InChI=1S/C14H17NS/c1-10-3-4-12-8-13(14(9-16)15-2)6-5-11(12)7-10/h3-8,14-16H,9H2,1-2H3. The van der Waals surface area contributed by atoms with Gasteiger partial charge in [0.1, 0.15) is 0 Å². The van der Waals surface area contributed by atoms with Gasteiger partial charge in [0.25, 0.3) is 0 Å². The summed E-state index contributed by atoms with van der Waals surface area (Å²) in [6, 6.07) is 13.5. The highest BCUT2D eigenvalue weighted by atomic mass is 32.1. The normalized spacial score (nSPS) is 12.9. The molecule has 0 aliphatic rings. The van der Waals surface area contributed by atoms with E-state index in [0.29, 0.717) is 6.04 Å². The summed E-state index contributed by atoms with van der Waals surface area (Å²) in [6.45, 7) is 2.12. The highest BCUT2D eigenvalue weighted by Gasteiger charge is 2.07. The highest BCUT2D eigenvalue weighted by molar-refractivity contribution is 7.80. The van der Waals surface area contributed by atoms with Crippen LogP contribution in [0.3, 0.4) is 0 Å². The van der Waals surface area contributed by atoms with Crippen LogP contribution in [0.5, 0.6) is 0 Å². The Labute approximate surface area is 102 Å². The number of aryl methyl sites for hydroxylation is 1. The third kappa shape index (κ3) is 2.23. The van der Waals surface area contributed by atoms with Crippen molar-refractivity contribution >= 4 is 23.4 Å². The van der Waals surface area contributed by atoms with Crippen molar-refractivity contribution in [3.8, 4) is 0 Å². The number of thiol groups is 1. The first-order valence-corrected chi connectivity index (χ1v) is 6.16. The molecule has 2 rings (SSSR count). The van der Waals surface area contributed by atoms with Crippen LogP contribution in [0.1, 0.15) is 17.2 Å². The van der Waals surface area contributed by atoms with Gasteiger partial charge in [-0.3, -0.25) is 0 Å². The zero-order chi connectivity index (χ0) is 11.5. The summed E-state index contributed by atoms with van der Waals surface area (Å²) < 4.78 is 0. The second kappa shape index (κ2) is 4.89. The van der Waals surface area contributed by atoms with Crippen LogP contribution >= 0.6 is 12.6 Å². The lowest BCUT2D eigenvalue weighted by atomic mass is 10.0. The van der Waals surface area contributed by atoms with Crippen LogP contribution in [0.25, 0.3) is 10.8 Å². The average Bonchev–Trinajstić information content (AvgIpc) is 2.31. The Morgan fingerprint density at radius 2 is 1.81 bits per heavy atom. The fourth-order valence-corrected chi connectivity index (χ4v) is 2.36. The van der Waals surface area contributed by atoms with Crippen molar-refractivity contribution in [1.82, 2.24) is 5.32 Å². The molecule has 1 atom stereocenters. The van der Waals surface area contributed by atoms with E-state index in [9.17, 15) is 0 Å². The number of fused-ring (bicyclic) bond motifs is 1. The molecule has 0 spiro atoms. The largest absolute Gasteiger partial charge is 0.312 e. The van der Waals surface area contributed by atoms with Crippen LogP contribution in [0, 0.1) is 6.92 Å². The highest BCUT2D eigenvalue weighted by Crippen LogP contribution is 2.22. The average molecular weight is 231 g/mol. The van der Waals surface area contributed by atoms with Gasteiger partial charge >= 0.3 is 0 Å². The van der Waals surface area contributed by atoms with Crippen LogP contribution in [-0.4, -0.2) is 12.8 Å². The predicted molar refractivity (Wildman–Crippen MR) is 74.3 cm³/mol. The third-order valence-corrected chi connectivity index (χ3v) is 3.32. The maximum absolute atomic E-state index is 4.36. The molecule has 16 heavy (non-hydrogen) atoms. The Hall–Kier alpha value is -0.990. The molecule has 0 saturated heterocycles. The van der Waals surface area contributed by atoms with Gasteiger partial charge < -0.3 is 5.32 Å². The van der Waals surface area contributed by atoms with E-state index in [2.05, 4.69) is 61.3 Å². The van der Waals surface area contributed by atoms with E-state index in [1.807, 2.05) is 7.05 Å². The quantitative estimate of drug-likeness (QED) is 0.772. The van der Waals surface area contributed by atoms with Crippen LogP contribution < -0.4 is 5.32 Å². The number of rotatable bonds is 3. The molecule has 0 bridgehead atoms. The molecular formula is C14H17NS. The van der Waals surface area contributed by atoms with Crippen molar-refractivity contribution in [1.29, 1.82) is 0 Å². The molecule has 0 aliphatic carbocycles. The van der Waals surface area contributed by atoms with Crippen molar-refractivity contribution in [2.24, 2.45) is 0 Å². The summed E-state index contributed by atoms with van der Waals surface area (Å²) in [4.78, 5) is 0. The number of hydrogen-bond acceptors (Lipinski definition) is 2. The van der Waals surface area contributed by atoms with Crippen molar-refractivity contribution in [2.75, 3.05) is 12.8 Å². The minimum Gasteiger partial charge on any atom is -0.312 e. The summed E-state index contributed by atoms with van der Waals surface area (Å²) in [6.07, 6.45) is 0. The molecular weight excluding hydrogens is 214 g/mol. The van der Waals surface area contributed by atoms with E-state index >= 15 is 0 Å². The molecule has 84 valence electrons. The monoisotopic (exact) mass is 231 g/mol. The lowest BCUT2D eigenvalue weighted by Crippen LogP contribution is -2.17. The Morgan fingerprint density at radius 1 is 1.12 bits per heavy atom. The smallest absolute Gasteiger partial charge is 0.0407 e. The Kier molecular flexibility index (Phi) is 3.52.